The minimum Gasteiger partial charge on any atom is -0.389 e. The van der Waals surface area contributed by atoms with Gasteiger partial charge in [-0.15, -0.1) is 0 Å². The highest BCUT2D eigenvalue weighted by molar-refractivity contribution is 5.26. The van der Waals surface area contributed by atoms with E-state index in [-0.39, 0.29) is 6.10 Å². The summed E-state index contributed by atoms with van der Waals surface area (Å²) in [6.45, 7) is 11.4. The van der Waals surface area contributed by atoms with Crippen molar-refractivity contribution in [1.82, 2.24) is 0 Å². The quantitative estimate of drug-likeness (QED) is 0.620. The van der Waals surface area contributed by atoms with E-state index in [1.54, 1.807) is 0 Å². The summed E-state index contributed by atoms with van der Waals surface area (Å²) < 4.78 is 0. The van der Waals surface area contributed by atoms with E-state index in [9.17, 15) is 5.11 Å². The Labute approximate surface area is 98.9 Å². The van der Waals surface area contributed by atoms with Crippen molar-refractivity contribution in [3.63, 3.8) is 0 Å². The molecular formula is C15H24O. The van der Waals surface area contributed by atoms with Crippen LogP contribution in [0.15, 0.2) is 12.2 Å². The third-order valence-corrected chi connectivity index (χ3v) is 6.39. The van der Waals surface area contributed by atoms with Crippen LogP contribution in [0.4, 0.5) is 0 Å². The SMILES string of the molecule is C=C1C2C[C@@]3(C[C@H]1O)[C@H](CC[C@@H]3C)C2(C)C. The molecule has 0 radical (unpaired) electrons. The molecule has 3 aliphatic carbocycles. The average Bonchev–Trinajstić information content (AvgIpc) is 2.59. The van der Waals surface area contributed by atoms with Gasteiger partial charge in [0.2, 0.25) is 0 Å². The molecule has 3 fully saturated rings. The zero-order valence-electron chi connectivity index (χ0n) is 10.8. The molecule has 0 saturated heterocycles. The van der Waals surface area contributed by atoms with Gasteiger partial charge in [-0.1, -0.05) is 27.4 Å². The van der Waals surface area contributed by atoms with Crippen LogP contribution in [0.3, 0.4) is 0 Å². The molecule has 90 valence electrons. The van der Waals surface area contributed by atoms with Gasteiger partial charge in [0.1, 0.15) is 0 Å². The van der Waals surface area contributed by atoms with Crippen LogP contribution in [0, 0.1) is 28.6 Å². The highest BCUT2D eigenvalue weighted by atomic mass is 16.3. The molecular weight excluding hydrogens is 196 g/mol. The Bertz CT molecular complexity index is 343. The molecule has 1 heteroatoms. The van der Waals surface area contributed by atoms with E-state index in [4.69, 9.17) is 0 Å². The molecule has 1 unspecified atom stereocenters. The van der Waals surface area contributed by atoms with Gasteiger partial charge in [0.05, 0.1) is 6.10 Å². The minimum absolute atomic E-state index is 0.233. The lowest BCUT2D eigenvalue weighted by molar-refractivity contribution is 0.0530. The first-order chi connectivity index (χ1) is 7.39. The third kappa shape index (κ3) is 1.01. The Kier molecular flexibility index (Phi) is 1.98. The lowest BCUT2D eigenvalue weighted by Gasteiger charge is -2.40. The Hall–Kier alpha value is -0.300. The second kappa shape index (κ2) is 2.93. The van der Waals surface area contributed by atoms with E-state index in [1.807, 2.05) is 0 Å². The summed E-state index contributed by atoms with van der Waals surface area (Å²) in [5.41, 5.74) is 1.92. The van der Waals surface area contributed by atoms with E-state index in [0.717, 1.165) is 23.8 Å². The molecule has 1 N–H and O–H groups in total. The van der Waals surface area contributed by atoms with Crippen molar-refractivity contribution in [3.8, 4) is 0 Å². The van der Waals surface area contributed by atoms with E-state index >= 15 is 0 Å². The lowest BCUT2D eigenvalue weighted by Crippen LogP contribution is -2.36. The van der Waals surface area contributed by atoms with Crippen LogP contribution in [0.5, 0.6) is 0 Å². The van der Waals surface area contributed by atoms with Gasteiger partial charge in [0.15, 0.2) is 0 Å². The van der Waals surface area contributed by atoms with Crippen LogP contribution >= 0.6 is 0 Å². The van der Waals surface area contributed by atoms with Gasteiger partial charge >= 0.3 is 0 Å². The first-order valence-corrected chi connectivity index (χ1v) is 6.76. The zero-order chi connectivity index (χ0) is 11.7. The second-order valence-electron chi connectivity index (χ2n) is 7.14. The van der Waals surface area contributed by atoms with Crippen molar-refractivity contribution in [2.24, 2.45) is 28.6 Å². The lowest BCUT2D eigenvalue weighted by atomic mass is 9.66. The highest BCUT2D eigenvalue weighted by Gasteiger charge is 2.65. The monoisotopic (exact) mass is 220 g/mol. The predicted molar refractivity (Wildman–Crippen MR) is 66.0 cm³/mol. The smallest absolute Gasteiger partial charge is 0.0755 e. The Morgan fingerprint density at radius 2 is 1.94 bits per heavy atom. The summed E-state index contributed by atoms with van der Waals surface area (Å²) in [7, 11) is 0. The fraction of sp³-hybridized carbons (Fsp3) is 0.867. The number of rotatable bonds is 0. The van der Waals surface area contributed by atoms with Crippen molar-refractivity contribution in [2.45, 2.75) is 52.6 Å². The number of hydrogen-bond acceptors (Lipinski definition) is 1. The molecule has 0 heterocycles. The molecule has 0 aromatic heterocycles. The topological polar surface area (TPSA) is 20.2 Å². The predicted octanol–water partition coefficient (Wildman–Crippen LogP) is 3.39. The number of aliphatic hydroxyl groups excluding tert-OH is 1. The zero-order valence-corrected chi connectivity index (χ0v) is 10.8. The first-order valence-electron chi connectivity index (χ1n) is 6.76. The van der Waals surface area contributed by atoms with Crippen molar-refractivity contribution >= 4 is 0 Å². The second-order valence-corrected chi connectivity index (χ2v) is 7.14. The standard InChI is InChI=1S/C15H24O/c1-9-5-6-13-14(3,4)11-7-15(9,13)8-12(16)10(11)2/h9,11-13,16H,2,5-8H2,1,3-4H3/t9-,11?,12+,13+,15-/m0/s1. The molecule has 0 amide bonds. The summed E-state index contributed by atoms with van der Waals surface area (Å²) in [4.78, 5) is 0. The molecule has 1 spiro atoms. The summed E-state index contributed by atoms with van der Waals surface area (Å²) in [6, 6.07) is 0. The molecule has 1 nitrogen and oxygen atoms in total. The Balaban J connectivity index is 2.10. The molecule has 0 aromatic carbocycles. The van der Waals surface area contributed by atoms with Crippen molar-refractivity contribution in [1.29, 1.82) is 0 Å². The first kappa shape index (κ1) is 10.8. The van der Waals surface area contributed by atoms with Gasteiger partial charge in [-0.3, -0.25) is 0 Å². The molecule has 0 aliphatic heterocycles. The normalized spacial score (nSPS) is 54.1. The molecule has 3 saturated carbocycles. The summed E-state index contributed by atoms with van der Waals surface area (Å²) in [5, 5.41) is 10.3. The van der Waals surface area contributed by atoms with Gasteiger partial charge in [-0.05, 0) is 59.8 Å². The Morgan fingerprint density at radius 1 is 1.25 bits per heavy atom. The van der Waals surface area contributed by atoms with Crippen molar-refractivity contribution < 1.29 is 5.11 Å². The van der Waals surface area contributed by atoms with E-state index in [1.165, 1.54) is 19.3 Å². The molecule has 5 atom stereocenters. The van der Waals surface area contributed by atoms with Crippen LogP contribution in [0.1, 0.15) is 46.5 Å². The highest BCUT2D eigenvalue weighted by Crippen LogP contribution is 2.72. The van der Waals surface area contributed by atoms with Gasteiger partial charge in [0.25, 0.3) is 0 Å². The fourth-order valence-electron chi connectivity index (χ4n) is 5.44. The molecule has 0 aromatic rings. The van der Waals surface area contributed by atoms with E-state index < -0.39 is 0 Å². The Morgan fingerprint density at radius 3 is 2.62 bits per heavy atom. The average molecular weight is 220 g/mol. The maximum atomic E-state index is 10.3. The van der Waals surface area contributed by atoms with Gasteiger partial charge in [-0.2, -0.15) is 0 Å². The molecule has 3 aliphatic rings. The molecule has 3 rings (SSSR count). The van der Waals surface area contributed by atoms with Crippen LogP contribution in [0.2, 0.25) is 0 Å². The summed E-state index contributed by atoms with van der Waals surface area (Å²) >= 11 is 0. The van der Waals surface area contributed by atoms with Gasteiger partial charge < -0.3 is 5.11 Å². The van der Waals surface area contributed by atoms with Crippen LogP contribution < -0.4 is 0 Å². The fourth-order valence-corrected chi connectivity index (χ4v) is 5.44. The number of aliphatic hydroxyl groups is 1. The molecule has 16 heavy (non-hydrogen) atoms. The molecule has 2 bridgehead atoms. The largest absolute Gasteiger partial charge is 0.389 e. The number of fused-ring (bicyclic) bond motifs is 1. The van der Waals surface area contributed by atoms with Crippen LogP contribution in [-0.2, 0) is 0 Å². The minimum atomic E-state index is -0.233. The van der Waals surface area contributed by atoms with Crippen molar-refractivity contribution in [2.75, 3.05) is 0 Å². The maximum Gasteiger partial charge on any atom is 0.0755 e. The van der Waals surface area contributed by atoms with Crippen molar-refractivity contribution in [3.05, 3.63) is 12.2 Å². The maximum absolute atomic E-state index is 10.3. The summed E-state index contributed by atoms with van der Waals surface area (Å²) in [5.74, 6) is 2.17. The van der Waals surface area contributed by atoms with Gasteiger partial charge in [0, 0.05) is 0 Å². The third-order valence-electron chi connectivity index (χ3n) is 6.39. The number of hydrogen-bond donors (Lipinski definition) is 1. The van der Waals surface area contributed by atoms with Gasteiger partial charge in [-0.25, -0.2) is 0 Å². The summed E-state index contributed by atoms with van der Waals surface area (Å²) in [6.07, 6.45) is 4.77. The van der Waals surface area contributed by atoms with E-state index in [0.29, 0.717) is 16.7 Å². The van der Waals surface area contributed by atoms with E-state index in [2.05, 4.69) is 27.4 Å². The van der Waals surface area contributed by atoms with Crippen LogP contribution in [0.25, 0.3) is 0 Å². The van der Waals surface area contributed by atoms with Crippen LogP contribution in [-0.4, -0.2) is 11.2 Å².